The van der Waals surface area contributed by atoms with E-state index in [1.807, 2.05) is 24.8 Å². The molecule has 5 unspecified atom stereocenters. The molecule has 2 aliphatic heterocycles. The topological polar surface area (TPSA) is 259 Å². The van der Waals surface area contributed by atoms with Gasteiger partial charge < -0.3 is 36.6 Å². The second-order valence-corrected chi connectivity index (χ2v) is 14.4. The van der Waals surface area contributed by atoms with Gasteiger partial charge in [-0.15, -0.1) is 0 Å². The summed E-state index contributed by atoms with van der Waals surface area (Å²) in [7, 11) is 0. The maximum Gasteiger partial charge on any atom is 0.407 e. The van der Waals surface area contributed by atoms with E-state index in [2.05, 4.69) is 41.9 Å². The number of carbonyl (C=O) groups excluding carboxylic acids is 5. The molecular formula is C33H46N10O8S. The smallest absolute Gasteiger partial charge is 0.407 e. The molecule has 1 aromatic rings. The largest absolute Gasteiger partial charge is 0.442 e. The van der Waals surface area contributed by atoms with Gasteiger partial charge in [-0.05, 0) is 62.6 Å². The zero-order valence-corrected chi connectivity index (χ0v) is 29.9. The molecule has 0 spiro atoms. The van der Waals surface area contributed by atoms with E-state index < -0.39 is 34.1 Å². The van der Waals surface area contributed by atoms with Gasteiger partial charge in [0.2, 0.25) is 11.8 Å². The molecule has 0 saturated carbocycles. The lowest BCUT2D eigenvalue weighted by atomic mass is 9.78. The number of nitrogens with one attached hydrogen (secondary N) is 6. The van der Waals surface area contributed by atoms with Crippen LogP contribution in [0.5, 0.6) is 0 Å². The predicted octanol–water partition coefficient (Wildman–Crippen LogP) is 3.85. The Hall–Kier alpha value is -5.03. The second kappa shape index (κ2) is 19.5. The molecule has 6 amide bonds. The summed E-state index contributed by atoms with van der Waals surface area (Å²) in [6.07, 6.45) is 8.22. The van der Waals surface area contributed by atoms with Crippen LogP contribution in [-0.4, -0.2) is 90.1 Å². The number of rotatable bonds is 17. The maximum absolute atomic E-state index is 13.2. The molecule has 3 aliphatic rings. The quantitative estimate of drug-likeness (QED) is 0.0198. The number of alkyl carbamates (subject to hydrolysis) is 1. The van der Waals surface area contributed by atoms with Crippen LogP contribution in [0.3, 0.4) is 0 Å². The lowest BCUT2D eigenvalue weighted by molar-refractivity contribution is -0.385. The first-order valence-electron chi connectivity index (χ1n) is 17.5. The Labute approximate surface area is 305 Å². The minimum atomic E-state index is -0.757. The molecule has 18 nitrogen and oxygen atoms in total. The number of benzene rings is 1. The summed E-state index contributed by atoms with van der Waals surface area (Å²) in [5, 5.41) is 31.9. The maximum atomic E-state index is 13.2. The number of ether oxygens (including phenoxy) is 1. The first-order chi connectivity index (χ1) is 25.0. The van der Waals surface area contributed by atoms with Crippen molar-refractivity contribution in [3.8, 4) is 0 Å². The van der Waals surface area contributed by atoms with Crippen LogP contribution < -0.4 is 31.9 Å². The third-order valence-electron chi connectivity index (χ3n) is 9.31. The van der Waals surface area contributed by atoms with Gasteiger partial charge in [0.1, 0.15) is 11.7 Å². The molecule has 2 heterocycles. The lowest BCUT2D eigenvalue weighted by Gasteiger charge is -2.31. The minimum absolute atomic E-state index is 0.00624. The normalized spacial score (nSPS) is 24.0. The fourth-order valence-corrected chi connectivity index (χ4v) is 7.89. The van der Waals surface area contributed by atoms with Gasteiger partial charge >= 0.3 is 12.1 Å². The number of nitrogens with zero attached hydrogens (tertiary/aromatic N) is 4. The highest BCUT2D eigenvalue weighted by Gasteiger charge is 2.42. The van der Waals surface area contributed by atoms with Crippen molar-refractivity contribution in [2.75, 3.05) is 31.9 Å². The summed E-state index contributed by atoms with van der Waals surface area (Å²) >= 11 is 1.87. The fraction of sp³-hybridized carbons (Fsp3) is 0.606. The van der Waals surface area contributed by atoms with Crippen LogP contribution in [0.15, 0.2) is 35.5 Å². The van der Waals surface area contributed by atoms with Crippen molar-refractivity contribution in [2.45, 2.75) is 88.1 Å². The summed E-state index contributed by atoms with van der Waals surface area (Å²) in [6.45, 7) is 2.72. The average molecular weight is 743 g/mol. The van der Waals surface area contributed by atoms with Gasteiger partial charge in [0.05, 0.1) is 17.0 Å². The minimum Gasteiger partial charge on any atom is -0.442 e. The van der Waals surface area contributed by atoms with E-state index in [1.54, 1.807) is 6.08 Å². The van der Waals surface area contributed by atoms with Crippen molar-refractivity contribution in [2.24, 2.45) is 10.5 Å². The van der Waals surface area contributed by atoms with E-state index in [9.17, 15) is 34.1 Å². The van der Waals surface area contributed by atoms with Crippen molar-refractivity contribution < 1.29 is 33.6 Å². The molecule has 282 valence electrons. The van der Waals surface area contributed by atoms with Crippen LogP contribution in [0.25, 0.3) is 10.4 Å². The molecule has 4 rings (SSSR count). The molecular weight excluding hydrogens is 696 g/mol. The van der Waals surface area contributed by atoms with Crippen molar-refractivity contribution >= 4 is 53.0 Å². The Morgan fingerprint density at radius 3 is 2.65 bits per heavy atom. The number of azide groups is 1. The molecule has 6 N–H and O–H groups in total. The number of amides is 6. The van der Waals surface area contributed by atoms with E-state index in [1.165, 1.54) is 12.1 Å². The van der Waals surface area contributed by atoms with E-state index >= 15 is 0 Å². The summed E-state index contributed by atoms with van der Waals surface area (Å²) in [5.74, 6) is 0.0715. The highest BCUT2D eigenvalue weighted by molar-refractivity contribution is 8.00. The number of unbranched alkanes of at least 4 members (excludes halogenated alkanes) is 1. The van der Waals surface area contributed by atoms with Crippen LogP contribution in [0.1, 0.15) is 75.1 Å². The molecule has 0 aromatic heterocycles. The fourth-order valence-electron chi connectivity index (χ4n) is 6.34. The van der Waals surface area contributed by atoms with Crippen molar-refractivity contribution in [1.29, 1.82) is 0 Å². The first kappa shape index (κ1) is 39.8. The average Bonchev–Trinajstić information content (AvgIpc) is 3.67. The molecule has 0 bridgehead atoms. The highest BCUT2D eigenvalue weighted by atomic mass is 32.2. The van der Waals surface area contributed by atoms with E-state index in [-0.39, 0.29) is 54.3 Å². The summed E-state index contributed by atoms with van der Waals surface area (Å²) in [6, 6.07) is 3.74. The molecule has 2 fully saturated rings. The molecule has 2 saturated heterocycles. The Morgan fingerprint density at radius 2 is 1.87 bits per heavy atom. The number of nitro benzene ring substituents is 1. The number of hydrogen-bond donors (Lipinski definition) is 6. The third-order valence-corrected chi connectivity index (χ3v) is 10.8. The van der Waals surface area contributed by atoms with E-state index in [4.69, 9.17) is 10.3 Å². The van der Waals surface area contributed by atoms with Gasteiger partial charge in [0.25, 0.3) is 11.6 Å². The Bertz CT molecular complexity index is 1570. The second-order valence-electron chi connectivity index (χ2n) is 13.2. The lowest BCUT2D eigenvalue weighted by Crippen LogP contribution is -2.41. The predicted molar refractivity (Wildman–Crippen MR) is 193 cm³/mol. The highest BCUT2D eigenvalue weighted by Crippen LogP contribution is 2.34. The van der Waals surface area contributed by atoms with Gasteiger partial charge in [0, 0.05) is 65.7 Å². The number of fused-ring (bicyclic) bond motifs is 1. The Morgan fingerprint density at radius 1 is 1.08 bits per heavy atom. The number of allylic oxidation sites excluding steroid dienone is 1. The molecule has 52 heavy (non-hydrogen) atoms. The number of nitro groups is 1. The standard InChI is InChI=1S/C33H46N10O8S/c1-33(30(46)37-16-6-15-35-27(44)9-3-2-8-26-28-24(20-52-26)39-31(47)40-28)13-5-4-7-22(12-14-33)51-32(48)38-18-17-36-29(45)23-11-10-21(41-42-34)19-25(23)43(49)50/h4,7,10-11,19,22,24,26,28H,2-3,5-6,8-9,12-18,20H2,1H3,(H,35,44)(H,36,45)(H,37,46)(H,38,48)(H2,39,40,47)/b7-4+. The first-order valence-corrected chi connectivity index (χ1v) is 18.5. The van der Waals surface area contributed by atoms with Crippen molar-refractivity contribution in [3.05, 3.63) is 56.5 Å². The van der Waals surface area contributed by atoms with Crippen molar-refractivity contribution in [3.63, 3.8) is 0 Å². The van der Waals surface area contributed by atoms with Crippen LogP contribution in [-0.2, 0) is 14.3 Å². The monoisotopic (exact) mass is 742 g/mol. The number of carbonyl (C=O) groups is 5. The molecule has 1 aliphatic carbocycles. The van der Waals surface area contributed by atoms with E-state index in [0.717, 1.165) is 31.1 Å². The Kier molecular flexibility index (Phi) is 14.9. The zero-order chi connectivity index (χ0) is 37.5. The summed E-state index contributed by atoms with van der Waals surface area (Å²) in [5.41, 5.74) is 7.11. The van der Waals surface area contributed by atoms with Crippen LogP contribution in [0.2, 0.25) is 0 Å². The zero-order valence-electron chi connectivity index (χ0n) is 29.1. The third kappa shape index (κ3) is 11.8. The number of hydrogen-bond acceptors (Lipinski definition) is 10. The van der Waals surface area contributed by atoms with Crippen molar-refractivity contribution in [1.82, 2.24) is 31.9 Å². The SMILES string of the molecule is CC1(C(=O)NCCCNC(=O)CCCCC2SCC3NC(=O)NC32)CC/C=C/C(OC(=O)NCCNC(=O)c2ccc(N=[N+]=[N-])cc2[N+](=O)[O-])CC1. The molecule has 0 radical (unpaired) electrons. The van der Waals surface area contributed by atoms with Gasteiger partial charge in [0.15, 0.2) is 0 Å². The number of urea groups is 1. The van der Waals surface area contributed by atoms with Gasteiger partial charge in [-0.3, -0.25) is 24.5 Å². The summed E-state index contributed by atoms with van der Waals surface area (Å²) in [4.78, 5) is 75.1. The van der Waals surface area contributed by atoms with E-state index in [0.29, 0.717) is 56.9 Å². The Balaban J connectivity index is 1.07. The molecule has 5 atom stereocenters. The van der Waals surface area contributed by atoms with Gasteiger partial charge in [-0.1, -0.05) is 30.6 Å². The molecule has 19 heteroatoms. The van der Waals surface area contributed by atoms with Crippen LogP contribution in [0.4, 0.5) is 21.0 Å². The molecule has 1 aromatic carbocycles. The summed E-state index contributed by atoms with van der Waals surface area (Å²) < 4.78 is 5.53. The van der Waals surface area contributed by atoms with Gasteiger partial charge in [-0.25, -0.2) is 9.59 Å². The van der Waals surface area contributed by atoms with Gasteiger partial charge in [-0.2, -0.15) is 11.8 Å². The van der Waals surface area contributed by atoms with Crippen LogP contribution in [0, 0.1) is 15.5 Å². The number of thioether (sulfide) groups is 1. The van der Waals surface area contributed by atoms with Crippen LogP contribution >= 0.6 is 11.8 Å².